The number of aliphatic hydroxyl groups excluding tert-OH is 1. The fourth-order valence-electron chi connectivity index (χ4n) is 1.53. The monoisotopic (exact) mass is 269 g/mol. The van der Waals surface area contributed by atoms with E-state index in [0.717, 1.165) is 0 Å². The largest absolute Gasteiger partial charge is 0.496 e. The summed E-state index contributed by atoms with van der Waals surface area (Å²) < 4.78 is 18.3. The molecule has 1 aromatic carbocycles. The zero-order valence-electron chi connectivity index (χ0n) is 11.7. The number of carbonyl (C=O) groups excluding carboxylic acids is 1. The van der Waals surface area contributed by atoms with Gasteiger partial charge in [-0.2, -0.15) is 0 Å². The number of hydrogen-bond acceptors (Lipinski definition) is 4. The highest BCUT2D eigenvalue weighted by atomic mass is 19.1. The van der Waals surface area contributed by atoms with Gasteiger partial charge in [-0.05, 0) is 39.1 Å². The first kappa shape index (κ1) is 15.6. The van der Waals surface area contributed by atoms with Gasteiger partial charge in [-0.3, -0.25) is 9.69 Å². The summed E-state index contributed by atoms with van der Waals surface area (Å²) in [5.41, 5.74) is -0.306. The van der Waals surface area contributed by atoms with Crippen molar-refractivity contribution in [1.29, 1.82) is 0 Å². The molecule has 1 rings (SSSR count). The van der Waals surface area contributed by atoms with Crippen molar-refractivity contribution in [2.45, 2.75) is 19.4 Å². The minimum Gasteiger partial charge on any atom is -0.496 e. The van der Waals surface area contributed by atoms with Crippen molar-refractivity contribution in [2.75, 3.05) is 27.3 Å². The number of Topliss-reactive ketones (excluding diaryl/α,β-unsaturated/α-hetero) is 1. The Morgan fingerprint density at radius 1 is 1.47 bits per heavy atom. The van der Waals surface area contributed by atoms with Crippen LogP contribution in [-0.2, 0) is 0 Å². The van der Waals surface area contributed by atoms with Crippen molar-refractivity contribution >= 4 is 5.78 Å². The second-order valence-corrected chi connectivity index (χ2v) is 5.09. The highest BCUT2D eigenvalue weighted by molar-refractivity contribution is 6.00. The number of likely N-dealkylation sites (N-methyl/N-ethyl adjacent to an activating group) is 1. The standard InChI is InChI=1S/C14H20FNO3/c1-14(2,9-17)16(3)8-12(18)11-7-10(15)5-6-13(11)19-4/h5-7,17H,8-9H2,1-4H3. The van der Waals surface area contributed by atoms with E-state index >= 15 is 0 Å². The maximum absolute atomic E-state index is 13.2. The third-order valence-corrected chi connectivity index (χ3v) is 3.26. The number of benzene rings is 1. The molecule has 0 aromatic heterocycles. The van der Waals surface area contributed by atoms with Crippen LogP contribution < -0.4 is 4.74 Å². The summed E-state index contributed by atoms with van der Waals surface area (Å²) >= 11 is 0. The second-order valence-electron chi connectivity index (χ2n) is 5.09. The summed E-state index contributed by atoms with van der Waals surface area (Å²) in [6, 6.07) is 3.84. The molecule has 1 N–H and O–H groups in total. The first-order valence-electron chi connectivity index (χ1n) is 6.00. The van der Waals surface area contributed by atoms with Crippen LogP contribution in [0.1, 0.15) is 24.2 Å². The molecule has 0 fully saturated rings. The lowest BCUT2D eigenvalue weighted by Crippen LogP contribution is -2.46. The molecule has 0 aliphatic carbocycles. The van der Waals surface area contributed by atoms with Gasteiger partial charge in [0.15, 0.2) is 5.78 Å². The van der Waals surface area contributed by atoms with Crippen LogP contribution in [0.25, 0.3) is 0 Å². The van der Waals surface area contributed by atoms with Gasteiger partial charge in [0.1, 0.15) is 11.6 Å². The van der Waals surface area contributed by atoms with Gasteiger partial charge in [0.05, 0.1) is 25.8 Å². The van der Waals surface area contributed by atoms with E-state index in [4.69, 9.17) is 4.74 Å². The van der Waals surface area contributed by atoms with Crippen LogP contribution in [0.4, 0.5) is 4.39 Å². The molecule has 0 aliphatic rings. The van der Waals surface area contributed by atoms with Crippen LogP contribution in [-0.4, -0.2) is 48.6 Å². The number of aliphatic hydroxyl groups is 1. The lowest BCUT2D eigenvalue weighted by atomic mass is 10.0. The Hall–Kier alpha value is -1.46. The summed E-state index contributed by atoms with van der Waals surface area (Å²) in [6.07, 6.45) is 0. The van der Waals surface area contributed by atoms with Crippen LogP contribution in [0.15, 0.2) is 18.2 Å². The normalized spacial score (nSPS) is 11.7. The van der Waals surface area contributed by atoms with Gasteiger partial charge in [0.2, 0.25) is 0 Å². The molecule has 106 valence electrons. The number of ether oxygens (including phenoxy) is 1. The molecule has 4 nitrogen and oxygen atoms in total. The van der Waals surface area contributed by atoms with Crippen molar-refractivity contribution in [3.05, 3.63) is 29.6 Å². The van der Waals surface area contributed by atoms with E-state index in [2.05, 4.69) is 0 Å². The summed E-state index contributed by atoms with van der Waals surface area (Å²) in [7, 11) is 3.17. The van der Waals surface area contributed by atoms with E-state index in [-0.39, 0.29) is 24.5 Å². The molecule has 0 atom stereocenters. The van der Waals surface area contributed by atoms with Crippen LogP contribution in [0.5, 0.6) is 5.75 Å². The Labute approximate surface area is 112 Å². The summed E-state index contributed by atoms with van der Waals surface area (Å²) in [5, 5.41) is 9.26. The van der Waals surface area contributed by atoms with E-state index < -0.39 is 11.4 Å². The highest BCUT2D eigenvalue weighted by Crippen LogP contribution is 2.21. The Balaban J connectivity index is 2.92. The van der Waals surface area contributed by atoms with Crippen LogP contribution >= 0.6 is 0 Å². The minimum atomic E-state index is -0.518. The lowest BCUT2D eigenvalue weighted by molar-refractivity contribution is 0.0657. The van der Waals surface area contributed by atoms with Gasteiger partial charge in [0.25, 0.3) is 0 Å². The maximum Gasteiger partial charge on any atom is 0.180 e. The van der Waals surface area contributed by atoms with Gasteiger partial charge in [-0.25, -0.2) is 4.39 Å². The van der Waals surface area contributed by atoms with E-state index in [0.29, 0.717) is 5.75 Å². The van der Waals surface area contributed by atoms with E-state index in [1.165, 1.54) is 25.3 Å². The SMILES string of the molecule is COc1ccc(F)cc1C(=O)CN(C)C(C)(C)CO. The molecule has 0 saturated carbocycles. The van der Waals surface area contributed by atoms with Gasteiger partial charge in [0, 0.05) is 5.54 Å². The fourth-order valence-corrected chi connectivity index (χ4v) is 1.53. The number of halogens is 1. The number of carbonyl (C=O) groups is 1. The summed E-state index contributed by atoms with van der Waals surface area (Å²) in [6.45, 7) is 3.65. The molecule has 0 aliphatic heterocycles. The number of nitrogens with zero attached hydrogens (tertiary/aromatic N) is 1. The molecule has 0 unspecified atom stereocenters. The smallest absolute Gasteiger partial charge is 0.180 e. The predicted octanol–water partition coefficient (Wildman–Crippen LogP) is 1.72. The first-order valence-corrected chi connectivity index (χ1v) is 6.00. The number of methoxy groups -OCH3 is 1. The van der Waals surface area contributed by atoms with Crippen LogP contribution in [0.2, 0.25) is 0 Å². The van der Waals surface area contributed by atoms with Crippen molar-refractivity contribution in [3.63, 3.8) is 0 Å². The molecule has 0 bridgehead atoms. The number of hydrogen-bond donors (Lipinski definition) is 1. The molecule has 0 saturated heterocycles. The average molecular weight is 269 g/mol. The van der Waals surface area contributed by atoms with Crippen molar-refractivity contribution < 1.29 is 19.0 Å². The topological polar surface area (TPSA) is 49.8 Å². The molecule has 0 amide bonds. The second kappa shape index (κ2) is 6.12. The molecule has 0 spiro atoms. The highest BCUT2D eigenvalue weighted by Gasteiger charge is 2.25. The summed E-state index contributed by atoms with van der Waals surface area (Å²) in [5.74, 6) is -0.379. The quantitative estimate of drug-likeness (QED) is 0.799. The summed E-state index contributed by atoms with van der Waals surface area (Å²) in [4.78, 5) is 13.9. The maximum atomic E-state index is 13.2. The molecule has 5 heteroatoms. The molecular weight excluding hydrogens is 249 g/mol. The van der Waals surface area contributed by atoms with E-state index in [1.807, 2.05) is 13.8 Å². The van der Waals surface area contributed by atoms with Crippen LogP contribution in [0, 0.1) is 5.82 Å². The Morgan fingerprint density at radius 3 is 2.63 bits per heavy atom. The fraction of sp³-hybridized carbons (Fsp3) is 0.500. The predicted molar refractivity (Wildman–Crippen MR) is 71.1 cm³/mol. The van der Waals surface area contributed by atoms with Gasteiger partial charge in [-0.1, -0.05) is 0 Å². The van der Waals surface area contributed by atoms with E-state index in [9.17, 15) is 14.3 Å². The average Bonchev–Trinajstić information content (AvgIpc) is 2.38. The zero-order valence-corrected chi connectivity index (χ0v) is 11.7. The van der Waals surface area contributed by atoms with Crippen molar-refractivity contribution in [3.8, 4) is 5.75 Å². The third-order valence-electron chi connectivity index (χ3n) is 3.26. The number of rotatable bonds is 6. The lowest BCUT2D eigenvalue weighted by Gasteiger charge is -2.33. The Kier molecular flexibility index (Phi) is 5.03. The Bertz CT molecular complexity index is 460. The van der Waals surface area contributed by atoms with Gasteiger partial charge < -0.3 is 9.84 Å². The molecule has 0 heterocycles. The minimum absolute atomic E-state index is 0.0724. The van der Waals surface area contributed by atoms with Crippen LogP contribution in [0.3, 0.4) is 0 Å². The molecule has 0 radical (unpaired) electrons. The third kappa shape index (κ3) is 3.75. The zero-order chi connectivity index (χ0) is 14.6. The van der Waals surface area contributed by atoms with Crippen molar-refractivity contribution in [2.24, 2.45) is 0 Å². The van der Waals surface area contributed by atoms with Gasteiger partial charge >= 0.3 is 0 Å². The van der Waals surface area contributed by atoms with Crippen molar-refractivity contribution in [1.82, 2.24) is 4.90 Å². The van der Waals surface area contributed by atoms with Gasteiger partial charge in [-0.15, -0.1) is 0 Å². The number of ketones is 1. The first-order chi connectivity index (χ1) is 8.81. The molecule has 19 heavy (non-hydrogen) atoms. The molecule has 1 aromatic rings. The van der Waals surface area contributed by atoms with E-state index in [1.54, 1.807) is 11.9 Å². The Morgan fingerprint density at radius 2 is 2.11 bits per heavy atom. The molecular formula is C14H20FNO3.